The summed E-state index contributed by atoms with van der Waals surface area (Å²) < 4.78 is 29.4. The fourth-order valence-corrected chi connectivity index (χ4v) is 3.89. The highest BCUT2D eigenvalue weighted by Gasteiger charge is 2.57. The number of primary amides is 1. The van der Waals surface area contributed by atoms with Gasteiger partial charge in [-0.25, -0.2) is 9.18 Å². The molecule has 1 unspecified atom stereocenters. The van der Waals surface area contributed by atoms with Gasteiger partial charge in [-0.1, -0.05) is 17.5 Å². The van der Waals surface area contributed by atoms with Gasteiger partial charge in [0.25, 0.3) is 0 Å². The lowest BCUT2D eigenvalue weighted by Gasteiger charge is -2.31. The van der Waals surface area contributed by atoms with Crippen LogP contribution in [0.25, 0.3) is 0 Å². The van der Waals surface area contributed by atoms with E-state index in [0.717, 1.165) is 18.3 Å². The van der Waals surface area contributed by atoms with Crippen molar-refractivity contribution < 1.29 is 38.0 Å². The van der Waals surface area contributed by atoms with Gasteiger partial charge in [0.1, 0.15) is 30.1 Å². The second-order valence-electron chi connectivity index (χ2n) is 5.90. The standard InChI is InChI=1S/C17H17ClFN2O7PS/c1-2-17(25)14(23)13(27-15(17)21(16(20)24)6-3-7-22)9-26-29(30)28-10-4-5-12(19)11(18)8-10/h1,3-8,13-15,23,25,29H,9H2,(H2,20,24)/b6-3-/t13-,14-,15-,17-/m1/s1. The van der Waals surface area contributed by atoms with Crippen LogP contribution in [0.1, 0.15) is 0 Å². The molecule has 1 aromatic carbocycles. The van der Waals surface area contributed by atoms with Crippen molar-refractivity contribution in [1.29, 1.82) is 0 Å². The number of carbonyl (C=O) groups is 2. The average molecular weight is 479 g/mol. The third kappa shape index (κ3) is 5.36. The van der Waals surface area contributed by atoms with Gasteiger partial charge in [-0.15, -0.1) is 6.42 Å². The molecule has 162 valence electrons. The van der Waals surface area contributed by atoms with Crippen LogP contribution in [0.3, 0.4) is 0 Å². The minimum absolute atomic E-state index is 0.163. The zero-order chi connectivity index (χ0) is 22.5. The van der Waals surface area contributed by atoms with Crippen molar-refractivity contribution in [2.45, 2.75) is 24.0 Å². The largest absolute Gasteiger partial charge is 0.445 e. The van der Waals surface area contributed by atoms with Gasteiger partial charge in [0.2, 0.25) is 7.15 Å². The van der Waals surface area contributed by atoms with Gasteiger partial charge in [-0.2, -0.15) is 0 Å². The van der Waals surface area contributed by atoms with Crippen LogP contribution >= 0.6 is 18.8 Å². The molecule has 1 aliphatic heterocycles. The lowest BCUT2D eigenvalue weighted by atomic mass is 9.94. The molecular weight excluding hydrogens is 462 g/mol. The molecular formula is C17H17ClFN2O7PS. The van der Waals surface area contributed by atoms with Gasteiger partial charge in [0.15, 0.2) is 11.8 Å². The van der Waals surface area contributed by atoms with Crippen LogP contribution in [0.15, 0.2) is 30.5 Å². The van der Waals surface area contributed by atoms with Crippen LogP contribution in [0.4, 0.5) is 9.18 Å². The summed E-state index contributed by atoms with van der Waals surface area (Å²) in [6.45, 7) is -0.363. The van der Waals surface area contributed by atoms with Crippen LogP contribution in [-0.4, -0.2) is 58.1 Å². The Balaban J connectivity index is 2.09. The van der Waals surface area contributed by atoms with Gasteiger partial charge in [0, 0.05) is 12.3 Å². The van der Waals surface area contributed by atoms with Gasteiger partial charge >= 0.3 is 6.03 Å². The molecule has 1 heterocycles. The number of ether oxygens (including phenoxy) is 1. The number of hydrogen-bond donors (Lipinski definition) is 3. The van der Waals surface area contributed by atoms with Crippen molar-refractivity contribution in [3.05, 3.63) is 41.3 Å². The number of carbonyl (C=O) groups excluding carboxylic acids is 2. The molecule has 0 bridgehead atoms. The van der Waals surface area contributed by atoms with Crippen molar-refractivity contribution in [2.75, 3.05) is 6.61 Å². The first kappa shape index (κ1) is 24.2. The summed E-state index contributed by atoms with van der Waals surface area (Å²) in [4.78, 5) is 22.9. The number of terminal acetylenes is 1. The number of aliphatic hydroxyl groups excluding tert-OH is 1. The summed E-state index contributed by atoms with van der Waals surface area (Å²) in [6, 6.07) is 2.52. The van der Waals surface area contributed by atoms with Crippen LogP contribution in [0.2, 0.25) is 5.02 Å². The Morgan fingerprint density at radius 1 is 1.60 bits per heavy atom. The summed E-state index contributed by atoms with van der Waals surface area (Å²) in [6.07, 6.45) is 3.05. The third-order valence-electron chi connectivity index (χ3n) is 4.00. The molecule has 30 heavy (non-hydrogen) atoms. The number of amides is 2. The van der Waals surface area contributed by atoms with Crippen molar-refractivity contribution in [2.24, 2.45) is 5.73 Å². The summed E-state index contributed by atoms with van der Waals surface area (Å²) in [7, 11) is -2.38. The molecule has 4 N–H and O–H groups in total. The smallest absolute Gasteiger partial charge is 0.321 e. The molecule has 1 saturated heterocycles. The van der Waals surface area contributed by atoms with E-state index in [4.69, 9.17) is 49.3 Å². The van der Waals surface area contributed by atoms with Crippen LogP contribution < -0.4 is 10.3 Å². The lowest BCUT2D eigenvalue weighted by Crippen LogP contribution is -2.55. The molecule has 1 aromatic rings. The molecule has 0 saturated carbocycles. The van der Waals surface area contributed by atoms with E-state index in [0.29, 0.717) is 11.2 Å². The minimum Gasteiger partial charge on any atom is -0.445 e. The lowest BCUT2D eigenvalue weighted by molar-refractivity contribution is -0.104. The van der Waals surface area contributed by atoms with E-state index in [1.54, 1.807) is 0 Å². The first-order valence-electron chi connectivity index (χ1n) is 8.17. The van der Waals surface area contributed by atoms with Gasteiger partial charge in [-0.3, -0.25) is 9.69 Å². The van der Waals surface area contributed by atoms with Crippen molar-refractivity contribution >= 4 is 42.9 Å². The molecule has 0 radical (unpaired) electrons. The number of benzene rings is 1. The molecule has 2 amide bonds. The van der Waals surface area contributed by atoms with E-state index in [2.05, 4.69) is 0 Å². The Labute approximate surface area is 181 Å². The van der Waals surface area contributed by atoms with Crippen LogP contribution in [-0.2, 0) is 25.9 Å². The van der Waals surface area contributed by atoms with Gasteiger partial charge in [0.05, 0.1) is 11.6 Å². The quantitative estimate of drug-likeness (QED) is 0.217. The summed E-state index contributed by atoms with van der Waals surface area (Å²) in [5.74, 6) is 1.52. The number of hydrogen-bond acceptors (Lipinski definition) is 8. The van der Waals surface area contributed by atoms with E-state index in [1.807, 2.05) is 5.92 Å². The summed E-state index contributed by atoms with van der Waals surface area (Å²) in [5.41, 5.74) is 2.88. The molecule has 9 nitrogen and oxygen atoms in total. The van der Waals surface area contributed by atoms with Gasteiger partial charge < -0.3 is 29.7 Å². The van der Waals surface area contributed by atoms with Crippen molar-refractivity contribution in [1.82, 2.24) is 4.90 Å². The van der Waals surface area contributed by atoms with E-state index < -0.39 is 43.0 Å². The first-order chi connectivity index (χ1) is 14.1. The van der Waals surface area contributed by atoms with E-state index in [1.165, 1.54) is 12.1 Å². The monoisotopic (exact) mass is 478 g/mol. The zero-order valence-corrected chi connectivity index (χ0v) is 17.7. The van der Waals surface area contributed by atoms with Gasteiger partial charge in [-0.05, 0) is 30.0 Å². The number of nitrogens with two attached hydrogens (primary N) is 1. The van der Waals surface area contributed by atoms with Crippen molar-refractivity contribution in [3.8, 4) is 18.1 Å². The second kappa shape index (κ2) is 10.3. The fourth-order valence-electron chi connectivity index (χ4n) is 2.55. The summed E-state index contributed by atoms with van der Waals surface area (Å²) >= 11 is 10.7. The number of rotatable bonds is 8. The number of nitrogens with zero attached hydrogens (tertiary/aromatic N) is 1. The SMILES string of the molecule is C#C[C@@]1(O)[C@H](O)[C@@H](CO[PH](=S)Oc2ccc(F)c(Cl)c2)O[C@H]1N(/C=C\C=O)C(N)=O. The van der Waals surface area contributed by atoms with Crippen molar-refractivity contribution in [3.63, 3.8) is 0 Å². The van der Waals surface area contributed by atoms with E-state index in [9.17, 15) is 24.2 Å². The molecule has 1 fully saturated rings. The highest BCUT2D eigenvalue weighted by Crippen LogP contribution is 2.36. The maximum absolute atomic E-state index is 13.2. The van der Waals surface area contributed by atoms with E-state index >= 15 is 0 Å². The predicted molar refractivity (Wildman–Crippen MR) is 109 cm³/mol. The summed E-state index contributed by atoms with van der Waals surface area (Å²) in [5, 5.41) is 20.9. The fraction of sp³-hybridized carbons (Fsp3) is 0.294. The number of allylic oxidation sites excluding steroid dienone is 1. The van der Waals surface area contributed by atoms with Crippen LogP contribution in [0, 0.1) is 18.2 Å². The highest BCUT2D eigenvalue weighted by molar-refractivity contribution is 8.00. The highest BCUT2D eigenvalue weighted by atomic mass is 35.5. The normalized spacial score (nSPS) is 26.8. The minimum atomic E-state index is -2.38. The maximum atomic E-state index is 13.2. The Hall–Kier alpha value is -2.03. The Morgan fingerprint density at radius 2 is 2.30 bits per heavy atom. The molecule has 0 spiro atoms. The number of aliphatic hydroxyl groups is 2. The molecule has 1 aliphatic rings. The molecule has 2 rings (SSSR count). The van der Waals surface area contributed by atoms with E-state index in [-0.39, 0.29) is 17.4 Å². The molecule has 0 aliphatic carbocycles. The Bertz CT molecular complexity index is 915. The first-order valence-corrected chi connectivity index (χ1v) is 11.0. The molecule has 13 heteroatoms. The average Bonchev–Trinajstić information content (AvgIpc) is 2.95. The third-order valence-corrected chi connectivity index (χ3v) is 5.70. The maximum Gasteiger partial charge on any atom is 0.321 e. The Morgan fingerprint density at radius 3 is 2.87 bits per heavy atom. The number of urea groups is 1. The molecule has 0 aromatic heterocycles. The predicted octanol–water partition coefficient (Wildman–Crippen LogP) is 0.924. The number of halogens is 2. The topological polar surface area (TPSA) is 132 Å². The van der Waals surface area contributed by atoms with Crippen LogP contribution in [0.5, 0.6) is 5.75 Å². The second-order valence-corrected chi connectivity index (χ2v) is 8.30. The Kier molecular flexibility index (Phi) is 8.34. The zero-order valence-electron chi connectivity index (χ0n) is 15.1. The molecule has 5 atom stereocenters. The number of aldehydes is 1.